The van der Waals surface area contributed by atoms with Gasteiger partial charge in [0.1, 0.15) is 27.1 Å². The van der Waals surface area contributed by atoms with Crippen LogP contribution >= 0.6 is 118 Å². The van der Waals surface area contributed by atoms with Crippen molar-refractivity contribution in [1.29, 1.82) is 5.53 Å². The first-order valence-electron chi connectivity index (χ1n) is 34.3. The third-order valence-electron chi connectivity index (χ3n) is 19.8. The van der Waals surface area contributed by atoms with Gasteiger partial charge < -0.3 is 76.5 Å². The number of hydrogen-bond acceptors (Lipinski definition) is 25. The molecule has 0 saturated carbocycles. The maximum atomic E-state index is 13.5. The monoisotopic (exact) mass is 1970 g/mol. The number of hydrogen-bond donors (Lipinski definition) is 8. The number of nitrogens with two attached hydrogens (primary N) is 6. The van der Waals surface area contributed by atoms with Crippen molar-refractivity contribution in [3.8, 4) is 0 Å². The molecule has 0 radical (unpaired) electrons. The van der Waals surface area contributed by atoms with Crippen LogP contribution in [-0.2, 0) is 39.2 Å². The van der Waals surface area contributed by atoms with Crippen LogP contribution in [0.1, 0.15) is 77.8 Å². The second kappa shape index (κ2) is 42.4. The van der Waals surface area contributed by atoms with Gasteiger partial charge in [-0.2, -0.15) is 36.8 Å². The van der Waals surface area contributed by atoms with Crippen LogP contribution in [0.5, 0.6) is 0 Å². The van der Waals surface area contributed by atoms with Gasteiger partial charge >= 0.3 is 41.9 Å². The summed E-state index contributed by atoms with van der Waals surface area (Å²) in [6.45, 7) is 13.8. The summed E-state index contributed by atoms with van der Waals surface area (Å²) in [6.07, 6.45) is 13.4. The van der Waals surface area contributed by atoms with Gasteiger partial charge in [0.2, 0.25) is 22.5 Å². The number of ether oxygens (including phenoxy) is 3. The Balaban J connectivity index is 0.000000180. The number of imidazole rings is 4. The van der Waals surface area contributed by atoms with Gasteiger partial charge in [0.25, 0.3) is 0 Å². The molecule has 16 heterocycles. The maximum Gasteiger partial charge on any atom is 1.00 e. The quantitative estimate of drug-likeness (QED) is 0.0133. The van der Waals surface area contributed by atoms with Crippen LogP contribution < -0.4 is 79.2 Å². The first-order chi connectivity index (χ1) is 54.7. The number of nitrogen functional groups attached to an aromatic ring is 2. The summed E-state index contributed by atoms with van der Waals surface area (Å²) in [5.41, 5.74) is 37.0. The van der Waals surface area contributed by atoms with Gasteiger partial charge in [-0.05, 0) is 197 Å². The number of aromatic nitrogens is 14. The molecule has 0 aromatic carbocycles. The summed E-state index contributed by atoms with van der Waals surface area (Å²) >= 11 is 45.5. The number of nitrogens with one attached hydrogen (secondary N) is 2. The fourth-order valence-electron chi connectivity index (χ4n) is 13.4. The van der Waals surface area contributed by atoms with E-state index in [1.165, 1.54) is 37.5 Å². The van der Waals surface area contributed by atoms with Crippen molar-refractivity contribution >= 4 is 176 Å². The molecule has 6 saturated heterocycles. The van der Waals surface area contributed by atoms with Crippen LogP contribution in [0, 0.1) is 21.8 Å². The second-order valence-corrected chi connectivity index (χ2v) is 32.4. The number of piperidine rings is 3. The Morgan fingerprint density at radius 2 is 0.932 bits per heavy atom. The number of nitrogens with zero attached hydrogens (tertiary/aromatic N) is 25. The summed E-state index contributed by atoms with van der Waals surface area (Å²) < 4.78 is 103. The van der Waals surface area contributed by atoms with Crippen molar-refractivity contribution in [3.63, 3.8) is 0 Å². The van der Waals surface area contributed by atoms with E-state index in [1.807, 2.05) is 11.3 Å². The molecule has 0 unspecified atom stereocenters. The Kier molecular flexibility index (Phi) is 34.8. The van der Waals surface area contributed by atoms with E-state index in [0.29, 0.717) is 79.5 Å². The molecule has 6 atom stereocenters. The van der Waals surface area contributed by atoms with Gasteiger partial charge in [-0.15, -0.1) is 0 Å². The van der Waals surface area contributed by atoms with Crippen molar-refractivity contribution < 1.29 is 70.1 Å². The van der Waals surface area contributed by atoms with Crippen molar-refractivity contribution in [2.75, 3.05) is 80.4 Å². The van der Waals surface area contributed by atoms with Crippen LogP contribution in [0.4, 0.5) is 49.9 Å². The van der Waals surface area contributed by atoms with E-state index in [0.717, 1.165) is 120 Å². The average Bonchev–Trinajstić information content (AvgIpc) is 1.65. The third kappa shape index (κ3) is 23.0. The second-order valence-electron chi connectivity index (χ2n) is 26.5. The van der Waals surface area contributed by atoms with E-state index in [1.54, 1.807) is 50.4 Å². The Hall–Kier alpha value is -6.46. The minimum atomic E-state index is -4.58. The zero-order valence-corrected chi connectivity index (χ0v) is 73.7. The van der Waals surface area contributed by atoms with E-state index in [-0.39, 0.29) is 106 Å². The van der Waals surface area contributed by atoms with Crippen LogP contribution in [0.25, 0.3) is 22.6 Å². The van der Waals surface area contributed by atoms with Gasteiger partial charge in [-0.3, -0.25) is 17.6 Å². The fourth-order valence-corrected chi connectivity index (χ4v) is 17.0. The summed E-state index contributed by atoms with van der Waals surface area (Å²) in [6, 6.07) is 2.55. The topological polar surface area (TPSA) is 484 Å². The van der Waals surface area contributed by atoms with Crippen LogP contribution in [0.3, 0.4) is 0 Å². The van der Waals surface area contributed by atoms with Gasteiger partial charge in [0.15, 0.2) is 22.6 Å². The van der Waals surface area contributed by atoms with Crippen molar-refractivity contribution in [3.05, 3.63) is 131 Å². The fraction of sp³-hybridized carbons (Fsp3) is 0.469. The number of anilines is 4. The van der Waals surface area contributed by atoms with Gasteiger partial charge in [0.05, 0.1) is 86.2 Å². The smallest absolute Gasteiger partial charge is 0.779 e. The Morgan fingerprint density at radius 1 is 0.521 bits per heavy atom. The van der Waals surface area contributed by atoms with Gasteiger partial charge in [-0.25, -0.2) is 49.8 Å². The SMILES string of the molecule is C.C[C@@H]1OCC2(CCN(c3ncc(Br)c4ncc(Cl)n34)CC2)[C@@H]1N.C[C@@H]1OCC2(CCN(c3ncc(Sc4cc(N)ncc4C(F)(F)F)c4ncc(Cl)n34)CC2)[C@@H]1N.C[C@@H]1OCC2(CCNCC2)[C@@H]1N.Clc1cnc2c(Br)cnc(Cl)n12.Clc1ncc(Br)c2nccn12.N=N/N=N/N=N/N=N/N=N/N.Nc1cc([S-])c(C(F)(F)F)cn1.[Na+]. The van der Waals surface area contributed by atoms with Crippen molar-refractivity contribution in [2.24, 2.45) is 86.3 Å². The third-order valence-corrected chi connectivity index (χ3v) is 24.2. The van der Waals surface area contributed by atoms with E-state index >= 15 is 0 Å². The van der Waals surface area contributed by atoms with E-state index in [4.69, 9.17) is 106 Å². The molecule has 6 aliphatic rings. The molecule has 36 nitrogen and oxygen atoms in total. The molecule has 3 spiro atoms. The molecule has 10 aromatic rings. The zero-order chi connectivity index (χ0) is 83.3. The first kappa shape index (κ1) is 96.0. The largest absolute Gasteiger partial charge is 1.00 e. The first-order valence-corrected chi connectivity index (χ1v) is 39.8. The van der Waals surface area contributed by atoms with E-state index in [9.17, 15) is 26.3 Å². The van der Waals surface area contributed by atoms with Crippen LogP contribution in [0.2, 0.25) is 26.0 Å². The molecule has 0 aliphatic carbocycles. The molecule has 16 rings (SSSR count). The molecule has 53 heteroatoms. The number of fused-ring (bicyclic) bond motifs is 4. The Bertz CT molecular complexity index is 5100. The molecule has 10 aromatic heterocycles. The molecule has 0 amide bonds. The van der Waals surface area contributed by atoms with E-state index in [2.05, 4.69) is 192 Å². The molecule has 626 valence electrons. The van der Waals surface area contributed by atoms with Crippen LogP contribution in [0.15, 0.2) is 155 Å². The molecule has 14 N–H and O–H groups in total. The van der Waals surface area contributed by atoms with Crippen LogP contribution in [-0.4, -0.2) is 163 Å². The molecule has 6 fully saturated rings. The number of pyridine rings is 2. The zero-order valence-electron chi connectivity index (χ0n) is 61.6. The maximum absolute atomic E-state index is 13.5. The summed E-state index contributed by atoms with van der Waals surface area (Å²) in [5.74, 6) is 5.94. The van der Waals surface area contributed by atoms with E-state index < -0.39 is 23.5 Å². The number of rotatable bonds is 8. The van der Waals surface area contributed by atoms with Crippen molar-refractivity contribution in [1.82, 2.24) is 72.8 Å². The van der Waals surface area contributed by atoms with Gasteiger partial charge in [0, 0.05) is 115 Å². The summed E-state index contributed by atoms with van der Waals surface area (Å²) in [4.78, 5) is 45.0. The predicted molar refractivity (Wildman–Crippen MR) is 435 cm³/mol. The molecular formula is C64H76Br3Cl5F6N33NaO3S2. The molecular weight excluding hydrogens is 1900 g/mol. The minimum Gasteiger partial charge on any atom is -0.779 e. The Morgan fingerprint density at radius 3 is 1.38 bits per heavy atom. The molecule has 6 aliphatic heterocycles. The molecule has 117 heavy (non-hydrogen) atoms. The average molecular weight is 1970 g/mol. The minimum absolute atomic E-state index is 0. The van der Waals surface area contributed by atoms with Crippen molar-refractivity contribution in [2.45, 2.75) is 130 Å². The molecule has 0 bridgehead atoms. The summed E-state index contributed by atoms with van der Waals surface area (Å²) in [5, 5.41) is 30.8. The normalized spacial score (nSPS) is 20.6. The number of halogens is 14. The number of alkyl halides is 6. The predicted octanol–water partition coefficient (Wildman–Crippen LogP) is 12.0. The standard InChI is InChI=1S/C21H23ClF3N7OS.C15H19BrClN5O.C9H18N2O.C6H2BrCl2N3.C6H3BrClN3.C6H5F3N2S.CH4.H3N11.Na/c1-11-17(27)20(10-33-11)2-4-31(5-3-20)19-30-8-14(18-29-9-15(22)32(18)19)34-13-6-16(26)28-7-12(13)21(23,24)25;1-9-12(18)15(8-23-9)2-4-21(5-3-15)14-20-6-10(16)13-19-7-11(17)22(13)14;1-7-8(10)9(6-12-7)2-4-11-5-3-9;7-3-1-11-6(9)12-4(8)2-10-5(3)12;7-4-3-10-6(8)11-2-1-9-5(4)11;7-6(8,9)3-2-11-5(10)1-4(3)12;;1-3-5-7-9-11-10-8-6-4-2;/h6-9,11,17H,2-5,10,27H2,1H3,(H2,26,28);6-7,9,12H,2-5,8,18H2,1H3;7-8,11H,2-6,10H2,1H3;1-2H;1-3H;1-2H,(H3,10,11,12);1H4;(H3,1,2,5,6,9,10);/q;;;;;;;;+1/p-1/t11-,17+;9-,12+;7-,8+;;;;;;/m000....../s1. The summed E-state index contributed by atoms with van der Waals surface area (Å²) in [7, 11) is 0. The van der Waals surface area contributed by atoms with Gasteiger partial charge in [-0.1, -0.05) is 59.2 Å². The Labute approximate surface area is 745 Å².